The summed E-state index contributed by atoms with van der Waals surface area (Å²) in [6, 6.07) is 0. The quantitative estimate of drug-likeness (QED) is 0.569. The number of aliphatic imine (C=N–C) groups is 1. The molecule has 2 rings (SSSR count). The van der Waals surface area contributed by atoms with E-state index in [1.807, 2.05) is 6.92 Å². The number of alkyl halides is 2. The van der Waals surface area contributed by atoms with E-state index in [4.69, 9.17) is 0 Å². The molecule has 0 saturated heterocycles. The molecule has 9 heteroatoms. The van der Waals surface area contributed by atoms with Crippen LogP contribution in [0.2, 0.25) is 0 Å². The van der Waals surface area contributed by atoms with E-state index in [0.29, 0.717) is 19.0 Å². The Bertz CT molecular complexity index is 623. The molecule has 0 radical (unpaired) electrons. The molecule has 2 N–H and O–H groups in total. The predicted molar refractivity (Wildman–Crippen MR) is 95.9 cm³/mol. The van der Waals surface area contributed by atoms with E-state index in [2.05, 4.69) is 20.6 Å². The van der Waals surface area contributed by atoms with Gasteiger partial charge in [0.05, 0.1) is 5.41 Å². The molecular weight excluding hydrogens is 342 g/mol. The highest BCUT2D eigenvalue weighted by Gasteiger charge is 2.42. The van der Waals surface area contributed by atoms with Crippen molar-refractivity contribution in [3.05, 3.63) is 18.2 Å². The average molecular weight is 370 g/mol. The number of carbonyl (C=O) groups excluding carboxylic acids is 1. The van der Waals surface area contributed by atoms with Gasteiger partial charge < -0.3 is 15.5 Å². The molecule has 1 aliphatic carbocycles. The SMILES string of the molecule is CCNC(=NCc1nccn1C(F)F)NCC1(C(=O)N(C)C)CCCC1. The highest BCUT2D eigenvalue weighted by Crippen LogP contribution is 2.38. The lowest BCUT2D eigenvalue weighted by molar-refractivity contribution is -0.138. The molecule has 1 amide bonds. The standard InChI is InChI=1S/C17H28F2N6O/c1-4-20-16(22-11-13-21-9-10-25(13)15(18)19)23-12-17(7-5-6-8-17)14(26)24(2)3/h9-10,15H,4-8,11-12H2,1-3H3,(H2,20,22,23). The van der Waals surface area contributed by atoms with Gasteiger partial charge in [-0.1, -0.05) is 12.8 Å². The van der Waals surface area contributed by atoms with Crippen molar-refractivity contribution < 1.29 is 13.6 Å². The summed E-state index contributed by atoms with van der Waals surface area (Å²) in [7, 11) is 3.54. The van der Waals surface area contributed by atoms with Crippen molar-refractivity contribution >= 4 is 11.9 Å². The first-order valence-electron chi connectivity index (χ1n) is 8.93. The molecule has 7 nitrogen and oxygen atoms in total. The molecule has 0 spiro atoms. The Balaban J connectivity index is 2.07. The van der Waals surface area contributed by atoms with Crippen LogP contribution in [0.3, 0.4) is 0 Å². The number of rotatable bonds is 7. The third-order valence-electron chi connectivity index (χ3n) is 4.70. The van der Waals surface area contributed by atoms with Crippen LogP contribution in [-0.4, -0.2) is 53.5 Å². The number of nitrogens with one attached hydrogen (secondary N) is 2. The molecule has 0 bridgehead atoms. The summed E-state index contributed by atoms with van der Waals surface area (Å²) >= 11 is 0. The summed E-state index contributed by atoms with van der Waals surface area (Å²) in [6.07, 6.45) is 6.31. The number of halogens is 2. The lowest BCUT2D eigenvalue weighted by Gasteiger charge is -2.31. The van der Waals surface area contributed by atoms with Gasteiger partial charge in [0.2, 0.25) is 5.91 Å². The molecule has 1 aromatic heterocycles. The van der Waals surface area contributed by atoms with E-state index in [1.165, 1.54) is 12.4 Å². The average Bonchev–Trinajstić information content (AvgIpc) is 3.26. The number of nitrogens with zero attached hydrogens (tertiary/aromatic N) is 4. The minimum Gasteiger partial charge on any atom is -0.357 e. The maximum absolute atomic E-state index is 12.9. The van der Waals surface area contributed by atoms with Crippen LogP contribution >= 0.6 is 0 Å². The second-order valence-electron chi connectivity index (χ2n) is 6.76. The smallest absolute Gasteiger partial charge is 0.319 e. The number of hydrogen-bond acceptors (Lipinski definition) is 3. The fourth-order valence-corrected chi connectivity index (χ4v) is 3.38. The van der Waals surface area contributed by atoms with Crippen LogP contribution in [0.15, 0.2) is 17.4 Å². The Kier molecular flexibility index (Phi) is 6.93. The van der Waals surface area contributed by atoms with Gasteiger partial charge in [-0.05, 0) is 19.8 Å². The fourth-order valence-electron chi connectivity index (χ4n) is 3.38. The Hall–Kier alpha value is -2.19. The molecule has 1 aliphatic rings. The van der Waals surface area contributed by atoms with Crippen molar-refractivity contribution in [3.8, 4) is 0 Å². The zero-order chi connectivity index (χ0) is 19.2. The number of hydrogen-bond donors (Lipinski definition) is 2. The van der Waals surface area contributed by atoms with Crippen molar-refractivity contribution in [2.75, 3.05) is 27.2 Å². The topological polar surface area (TPSA) is 74.5 Å². The van der Waals surface area contributed by atoms with Crippen LogP contribution in [0.1, 0.15) is 45.0 Å². The first-order chi connectivity index (χ1) is 12.4. The first kappa shape index (κ1) is 20.1. The summed E-state index contributed by atoms with van der Waals surface area (Å²) in [6.45, 7) is 0.412. The van der Waals surface area contributed by atoms with Gasteiger partial charge in [0.15, 0.2) is 5.96 Å². The largest absolute Gasteiger partial charge is 0.357 e. The highest BCUT2D eigenvalue weighted by molar-refractivity contribution is 5.85. The van der Waals surface area contributed by atoms with Crippen molar-refractivity contribution in [1.29, 1.82) is 0 Å². The van der Waals surface area contributed by atoms with Gasteiger partial charge in [0.1, 0.15) is 12.4 Å². The summed E-state index contributed by atoms with van der Waals surface area (Å²) in [5.41, 5.74) is -0.429. The zero-order valence-corrected chi connectivity index (χ0v) is 15.6. The lowest BCUT2D eigenvalue weighted by atomic mass is 9.84. The Morgan fingerprint density at radius 2 is 2.08 bits per heavy atom. The molecule has 146 valence electrons. The molecule has 0 aliphatic heterocycles. The van der Waals surface area contributed by atoms with Gasteiger partial charge in [-0.15, -0.1) is 0 Å². The lowest BCUT2D eigenvalue weighted by Crippen LogP contribution is -2.49. The summed E-state index contributed by atoms with van der Waals surface area (Å²) < 4.78 is 26.6. The van der Waals surface area contributed by atoms with Crippen molar-refractivity contribution in [1.82, 2.24) is 25.1 Å². The molecule has 1 aromatic rings. The normalized spacial score (nSPS) is 16.8. The van der Waals surface area contributed by atoms with Gasteiger partial charge in [0, 0.05) is 39.6 Å². The molecule has 0 aromatic carbocycles. The second-order valence-corrected chi connectivity index (χ2v) is 6.76. The molecular formula is C17H28F2N6O. The zero-order valence-electron chi connectivity index (χ0n) is 15.6. The fraction of sp³-hybridized carbons (Fsp3) is 0.706. The minimum absolute atomic E-state index is 0.0291. The van der Waals surface area contributed by atoms with Gasteiger partial charge in [-0.2, -0.15) is 8.78 Å². The van der Waals surface area contributed by atoms with Crippen LogP contribution in [0, 0.1) is 5.41 Å². The number of guanidine groups is 1. The molecule has 0 atom stereocenters. The van der Waals surface area contributed by atoms with Gasteiger partial charge >= 0.3 is 6.55 Å². The van der Waals surface area contributed by atoms with E-state index in [-0.39, 0.29) is 18.3 Å². The number of imidazole rings is 1. The van der Waals surface area contributed by atoms with Gasteiger partial charge in [0.25, 0.3) is 0 Å². The van der Waals surface area contributed by atoms with Crippen molar-refractivity contribution in [3.63, 3.8) is 0 Å². The molecule has 26 heavy (non-hydrogen) atoms. The molecule has 1 saturated carbocycles. The third kappa shape index (κ3) is 4.70. The van der Waals surface area contributed by atoms with Crippen LogP contribution < -0.4 is 10.6 Å². The summed E-state index contributed by atoms with van der Waals surface area (Å²) in [5.74, 6) is 0.804. The van der Waals surface area contributed by atoms with E-state index in [1.54, 1.807) is 19.0 Å². The predicted octanol–water partition coefficient (Wildman–Crippen LogP) is 1.98. The second kappa shape index (κ2) is 8.95. The van der Waals surface area contributed by atoms with Crippen LogP contribution in [0.4, 0.5) is 8.78 Å². The van der Waals surface area contributed by atoms with Crippen LogP contribution in [-0.2, 0) is 11.3 Å². The van der Waals surface area contributed by atoms with Gasteiger partial charge in [-0.25, -0.2) is 9.98 Å². The molecule has 0 unspecified atom stereocenters. The third-order valence-corrected chi connectivity index (χ3v) is 4.70. The summed E-state index contributed by atoms with van der Waals surface area (Å²) in [4.78, 5) is 22.5. The Morgan fingerprint density at radius 3 is 2.65 bits per heavy atom. The molecule has 1 fully saturated rings. The van der Waals surface area contributed by atoms with Crippen molar-refractivity contribution in [2.24, 2.45) is 10.4 Å². The van der Waals surface area contributed by atoms with E-state index >= 15 is 0 Å². The van der Waals surface area contributed by atoms with Crippen molar-refractivity contribution in [2.45, 2.75) is 45.7 Å². The van der Waals surface area contributed by atoms with Crippen LogP contribution in [0.25, 0.3) is 0 Å². The number of amides is 1. The minimum atomic E-state index is -2.64. The summed E-state index contributed by atoms with van der Waals surface area (Å²) in [5, 5.41) is 6.31. The first-order valence-corrected chi connectivity index (χ1v) is 8.93. The van der Waals surface area contributed by atoms with Crippen LogP contribution in [0.5, 0.6) is 0 Å². The highest BCUT2D eigenvalue weighted by atomic mass is 19.3. The maximum Gasteiger partial charge on any atom is 0.319 e. The monoisotopic (exact) mass is 370 g/mol. The van der Waals surface area contributed by atoms with E-state index in [0.717, 1.165) is 30.3 Å². The van der Waals surface area contributed by atoms with E-state index in [9.17, 15) is 13.6 Å². The maximum atomic E-state index is 12.9. The molecule has 1 heterocycles. The van der Waals surface area contributed by atoms with E-state index < -0.39 is 12.0 Å². The number of aromatic nitrogens is 2. The number of carbonyl (C=O) groups is 1. The Labute approximate surface area is 152 Å². The Morgan fingerprint density at radius 1 is 1.38 bits per heavy atom. The van der Waals surface area contributed by atoms with Gasteiger partial charge in [-0.3, -0.25) is 9.36 Å².